The number of thioether (sulfide) groups is 1. The molecule has 0 saturated carbocycles. The van der Waals surface area contributed by atoms with Crippen molar-refractivity contribution < 1.29 is 13.9 Å². The van der Waals surface area contributed by atoms with Gasteiger partial charge in [-0.1, -0.05) is 36.0 Å². The van der Waals surface area contributed by atoms with Gasteiger partial charge in [0.05, 0.1) is 24.0 Å². The van der Waals surface area contributed by atoms with Crippen molar-refractivity contribution in [3.63, 3.8) is 0 Å². The summed E-state index contributed by atoms with van der Waals surface area (Å²) in [6.45, 7) is 6.36. The van der Waals surface area contributed by atoms with E-state index in [-0.39, 0.29) is 23.0 Å². The van der Waals surface area contributed by atoms with Crippen LogP contribution in [0.15, 0.2) is 53.7 Å². The number of nitrogens with one attached hydrogen (secondary N) is 1. The van der Waals surface area contributed by atoms with Gasteiger partial charge in [-0.25, -0.2) is 4.39 Å². The molecule has 1 heterocycles. The SMILES string of the molecule is CCn1c(S[C@H](C)C(=O)N[C@H](C)c2ccc(F)cc2)nnc1-c1ccccc1OC. The maximum absolute atomic E-state index is 13.1. The zero-order chi connectivity index (χ0) is 21.7. The van der Waals surface area contributed by atoms with E-state index in [0.29, 0.717) is 17.5 Å². The third kappa shape index (κ3) is 4.81. The van der Waals surface area contributed by atoms with Crippen LogP contribution in [0.2, 0.25) is 0 Å². The Hall–Kier alpha value is -2.87. The highest BCUT2D eigenvalue weighted by atomic mass is 32.2. The molecule has 0 unspecified atom stereocenters. The number of ether oxygens (including phenoxy) is 1. The number of carbonyl (C=O) groups is 1. The van der Waals surface area contributed by atoms with Gasteiger partial charge in [-0.2, -0.15) is 0 Å². The number of hydrogen-bond acceptors (Lipinski definition) is 5. The summed E-state index contributed by atoms with van der Waals surface area (Å²) in [4.78, 5) is 12.7. The van der Waals surface area contributed by atoms with Crippen molar-refractivity contribution in [2.75, 3.05) is 7.11 Å². The van der Waals surface area contributed by atoms with E-state index in [1.807, 2.05) is 49.6 Å². The zero-order valence-corrected chi connectivity index (χ0v) is 18.2. The average Bonchev–Trinajstić information content (AvgIpc) is 3.16. The molecule has 0 saturated heterocycles. The number of hydrogen-bond donors (Lipinski definition) is 1. The van der Waals surface area contributed by atoms with E-state index in [2.05, 4.69) is 15.5 Å². The Balaban J connectivity index is 1.73. The number of rotatable bonds is 8. The van der Waals surface area contributed by atoms with Gasteiger partial charge in [-0.3, -0.25) is 4.79 Å². The minimum absolute atomic E-state index is 0.124. The fourth-order valence-electron chi connectivity index (χ4n) is 3.07. The second-order valence-corrected chi connectivity index (χ2v) is 8.10. The van der Waals surface area contributed by atoms with Crippen LogP contribution >= 0.6 is 11.8 Å². The van der Waals surface area contributed by atoms with Gasteiger partial charge in [0.25, 0.3) is 0 Å². The molecule has 1 amide bonds. The average molecular weight is 429 g/mol. The van der Waals surface area contributed by atoms with Crippen molar-refractivity contribution in [3.8, 4) is 17.1 Å². The molecule has 0 spiro atoms. The molecular weight excluding hydrogens is 403 g/mol. The Morgan fingerprint density at radius 3 is 2.53 bits per heavy atom. The standard InChI is InChI=1S/C22H25FN4O2S/c1-5-27-20(18-8-6-7-9-19(18)29-4)25-26-22(27)30-15(3)21(28)24-14(2)16-10-12-17(23)13-11-16/h6-15H,5H2,1-4H3,(H,24,28)/t14-,15-/m1/s1. The minimum atomic E-state index is -0.382. The number of methoxy groups -OCH3 is 1. The lowest BCUT2D eigenvalue weighted by molar-refractivity contribution is -0.120. The summed E-state index contributed by atoms with van der Waals surface area (Å²) in [6.07, 6.45) is 0. The predicted molar refractivity (Wildman–Crippen MR) is 116 cm³/mol. The van der Waals surface area contributed by atoms with Crippen LogP contribution in [0.1, 0.15) is 32.4 Å². The molecule has 3 aromatic rings. The van der Waals surface area contributed by atoms with Crippen LogP contribution in [0, 0.1) is 5.82 Å². The second kappa shape index (κ2) is 9.75. The van der Waals surface area contributed by atoms with E-state index in [0.717, 1.165) is 16.9 Å². The van der Waals surface area contributed by atoms with Crippen molar-refractivity contribution >= 4 is 17.7 Å². The highest BCUT2D eigenvalue weighted by molar-refractivity contribution is 8.00. The van der Waals surface area contributed by atoms with E-state index in [9.17, 15) is 9.18 Å². The third-order valence-electron chi connectivity index (χ3n) is 4.76. The molecule has 0 aliphatic carbocycles. The van der Waals surface area contributed by atoms with E-state index in [1.165, 1.54) is 23.9 Å². The Labute approximate surface area is 179 Å². The minimum Gasteiger partial charge on any atom is -0.496 e. The number of halogens is 1. The highest BCUT2D eigenvalue weighted by Crippen LogP contribution is 2.32. The summed E-state index contributed by atoms with van der Waals surface area (Å²) in [5.74, 6) is 0.993. The summed E-state index contributed by atoms with van der Waals surface area (Å²) < 4.78 is 20.5. The van der Waals surface area contributed by atoms with Gasteiger partial charge < -0.3 is 14.6 Å². The first-order valence-electron chi connectivity index (χ1n) is 9.73. The largest absolute Gasteiger partial charge is 0.496 e. The molecule has 6 nitrogen and oxygen atoms in total. The molecule has 30 heavy (non-hydrogen) atoms. The maximum Gasteiger partial charge on any atom is 0.233 e. The summed E-state index contributed by atoms with van der Waals surface area (Å²) in [7, 11) is 1.62. The predicted octanol–water partition coefficient (Wildman–Crippen LogP) is 4.47. The van der Waals surface area contributed by atoms with Crippen molar-refractivity contribution in [2.24, 2.45) is 0 Å². The van der Waals surface area contributed by atoms with Crippen LogP contribution in [0.5, 0.6) is 5.75 Å². The number of amides is 1. The van der Waals surface area contributed by atoms with Crippen LogP contribution in [0.4, 0.5) is 4.39 Å². The lowest BCUT2D eigenvalue weighted by Gasteiger charge is -2.18. The van der Waals surface area contributed by atoms with Crippen molar-refractivity contribution in [2.45, 2.75) is 43.8 Å². The number of para-hydroxylation sites is 1. The molecule has 158 valence electrons. The first kappa shape index (κ1) is 21.8. The van der Waals surface area contributed by atoms with Crippen LogP contribution < -0.4 is 10.1 Å². The lowest BCUT2D eigenvalue weighted by Crippen LogP contribution is -2.33. The van der Waals surface area contributed by atoms with Gasteiger partial charge in [0.1, 0.15) is 11.6 Å². The molecule has 2 atom stereocenters. The summed E-state index contributed by atoms with van der Waals surface area (Å²) in [5, 5.41) is 11.9. The van der Waals surface area contributed by atoms with E-state index in [1.54, 1.807) is 19.2 Å². The Morgan fingerprint density at radius 1 is 1.17 bits per heavy atom. The van der Waals surface area contributed by atoms with Crippen LogP contribution in [0.25, 0.3) is 11.4 Å². The summed E-state index contributed by atoms with van der Waals surface area (Å²) >= 11 is 1.35. The molecule has 0 aliphatic heterocycles. The van der Waals surface area contributed by atoms with E-state index < -0.39 is 0 Å². The molecule has 1 aromatic heterocycles. The van der Waals surface area contributed by atoms with Gasteiger partial charge >= 0.3 is 0 Å². The molecule has 2 aromatic carbocycles. The van der Waals surface area contributed by atoms with Gasteiger partial charge in [-0.15, -0.1) is 10.2 Å². The monoisotopic (exact) mass is 428 g/mol. The third-order valence-corrected chi connectivity index (χ3v) is 5.84. The number of aromatic nitrogens is 3. The lowest BCUT2D eigenvalue weighted by atomic mass is 10.1. The van der Waals surface area contributed by atoms with Crippen LogP contribution in [0.3, 0.4) is 0 Å². The zero-order valence-electron chi connectivity index (χ0n) is 17.4. The fraction of sp³-hybridized carbons (Fsp3) is 0.318. The molecular formula is C22H25FN4O2S. The Morgan fingerprint density at radius 2 is 1.87 bits per heavy atom. The first-order valence-corrected chi connectivity index (χ1v) is 10.6. The topological polar surface area (TPSA) is 69.0 Å². The van der Waals surface area contributed by atoms with Crippen LogP contribution in [-0.2, 0) is 11.3 Å². The number of nitrogens with zero attached hydrogens (tertiary/aromatic N) is 3. The Kier molecular flexibility index (Phi) is 7.10. The quantitative estimate of drug-likeness (QED) is 0.536. The van der Waals surface area contributed by atoms with Gasteiger partial charge in [0.2, 0.25) is 5.91 Å². The molecule has 0 bridgehead atoms. The molecule has 0 radical (unpaired) electrons. The van der Waals surface area contributed by atoms with Crippen molar-refractivity contribution in [3.05, 3.63) is 59.9 Å². The second-order valence-electron chi connectivity index (χ2n) is 6.79. The first-order chi connectivity index (χ1) is 14.4. The molecule has 8 heteroatoms. The van der Waals surface area contributed by atoms with Crippen molar-refractivity contribution in [1.29, 1.82) is 0 Å². The van der Waals surface area contributed by atoms with E-state index >= 15 is 0 Å². The summed E-state index contributed by atoms with van der Waals surface area (Å²) in [5.41, 5.74) is 1.69. The van der Waals surface area contributed by atoms with Crippen molar-refractivity contribution in [1.82, 2.24) is 20.1 Å². The molecule has 0 aliphatic rings. The molecule has 0 fully saturated rings. The number of benzene rings is 2. The highest BCUT2D eigenvalue weighted by Gasteiger charge is 2.22. The fourth-order valence-corrected chi connectivity index (χ4v) is 3.99. The van der Waals surface area contributed by atoms with Gasteiger partial charge in [-0.05, 0) is 50.6 Å². The maximum atomic E-state index is 13.1. The normalized spacial score (nSPS) is 13.0. The van der Waals surface area contributed by atoms with Gasteiger partial charge in [0.15, 0.2) is 11.0 Å². The van der Waals surface area contributed by atoms with Crippen LogP contribution in [-0.4, -0.2) is 33.0 Å². The van der Waals surface area contributed by atoms with Gasteiger partial charge in [0, 0.05) is 6.54 Å². The van der Waals surface area contributed by atoms with E-state index in [4.69, 9.17) is 4.74 Å². The molecule has 3 rings (SSSR count). The smallest absolute Gasteiger partial charge is 0.233 e. The summed E-state index contributed by atoms with van der Waals surface area (Å²) in [6, 6.07) is 13.5. The molecule has 1 N–H and O–H groups in total. The number of carbonyl (C=O) groups excluding carboxylic acids is 1. The Bertz CT molecular complexity index is 1010.